The summed E-state index contributed by atoms with van der Waals surface area (Å²) >= 11 is 5.89. The number of aliphatic hydroxyl groups is 1. The van der Waals surface area contributed by atoms with Crippen LogP contribution in [0.25, 0.3) is 0 Å². The number of halogens is 1. The Morgan fingerprint density at radius 1 is 0.836 bits per heavy atom. The van der Waals surface area contributed by atoms with E-state index in [1.54, 1.807) is 53.4 Å². The molecule has 17 nitrogen and oxygen atoms in total. The standard InChI is InChI=1S/C20H19NO7.C17H17ClN6O3/c1-21(2)17(23)16(27-18(24)13-9-5-3-6-10-13)15(22)20(26)28-19(25)14-11-7-4-8-12-14;1-22-6-8-23(9-7-22)17(26)27-16-14-13(19-4-5-20-14)15(25)24(16)12-3-2-11(18)10-21-12/h3-12,15-16,22H,1-2H3;2-5,10,16H,6-9H2,1H3. The van der Waals surface area contributed by atoms with Crippen LogP contribution in [0.4, 0.5) is 10.6 Å². The molecule has 1 N–H and O–H groups in total. The molecule has 0 bridgehead atoms. The second-order valence-electron chi connectivity index (χ2n) is 12.3. The molecule has 3 unspecified atom stereocenters. The molecule has 0 aliphatic carbocycles. The van der Waals surface area contributed by atoms with Crippen LogP contribution < -0.4 is 4.90 Å². The van der Waals surface area contributed by atoms with Crippen LogP contribution >= 0.6 is 11.6 Å². The number of piperazine rings is 1. The van der Waals surface area contributed by atoms with Gasteiger partial charge >= 0.3 is 24.0 Å². The van der Waals surface area contributed by atoms with Crippen molar-refractivity contribution in [1.29, 1.82) is 0 Å². The number of esters is 3. The Morgan fingerprint density at radius 2 is 1.44 bits per heavy atom. The van der Waals surface area contributed by atoms with Crippen molar-refractivity contribution in [1.82, 2.24) is 29.7 Å². The van der Waals surface area contributed by atoms with Crippen LogP contribution in [0.1, 0.15) is 43.1 Å². The van der Waals surface area contributed by atoms with Gasteiger partial charge in [0.15, 0.2) is 11.8 Å². The minimum Gasteiger partial charge on any atom is -0.445 e. The molecule has 1 fully saturated rings. The Kier molecular flexibility index (Phi) is 13.2. The summed E-state index contributed by atoms with van der Waals surface area (Å²) < 4.78 is 15.3. The number of aliphatic hydroxyl groups excluding tert-OH is 1. The third-order valence-electron chi connectivity index (χ3n) is 8.21. The molecule has 4 aromatic rings. The number of amides is 3. The van der Waals surface area contributed by atoms with Crippen LogP contribution in [0.2, 0.25) is 5.02 Å². The van der Waals surface area contributed by atoms with Gasteiger partial charge in [0.1, 0.15) is 11.5 Å². The van der Waals surface area contributed by atoms with E-state index < -0.39 is 54.3 Å². The molecular weight excluding hydrogens is 738 g/mol. The number of fused-ring (bicyclic) bond motifs is 1. The molecule has 6 rings (SSSR count). The highest BCUT2D eigenvalue weighted by Gasteiger charge is 2.44. The Hall–Kier alpha value is -6.30. The number of nitrogens with zero attached hydrogens (tertiary/aromatic N) is 7. The van der Waals surface area contributed by atoms with Gasteiger partial charge in [-0.1, -0.05) is 48.0 Å². The smallest absolute Gasteiger partial charge is 0.412 e. The number of hydrogen-bond acceptors (Lipinski definition) is 14. The lowest BCUT2D eigenvalue weighted by molar-refractivity contribution is -0.162. The van der Waals surface area contributed by atoms with Crippen molar-refractivity contribution in [2.45, 2.75) is 18.4 Å². The second kappa shape index (κ2) is 18.2. The zero-order chi connectivity index (χ0) is 39.6. The minimum absolute atomic E-state index is 0.0832. The molecule has 1 saturated heterocycles. The zero-order valence-electron chi connectivity index (χ0n) is 29.9. The molecule has 3 amide bonds. The number of hydrogen-bond donors (Lipinski definition) is 1. The summed E-state index contributed by atoms with van der Waals surface area (Å²) in [6, 6.07) is 18.6. The number of ether oxygens (including phenoxy) is 3. The lowest BCUT2D eigenvalue weighted by Gasteiger charge is -2.33. The summed E-state index contributed by atoms with van der Waals surface area (Å²) in [5.41, 5.74) is 0.645. The second-order valence-corrected chi connectivity index (χ2v) is 12.7. The summed E-state index contributed by atoms with van der Waals surface area (Å²) in [6.07, 6.45) is -1.28. The van der Waals surface area contributed by atoms with E-state index in [0.29, 0.717) is 29.6 Å². The van der Waals surface area contributed by atoms with Crippen LogP contribution in [0.15, 0.2) is 91.4 Å². The first kappa shape index (κ1) is 39.9. The topological polar surface area (TPSA) is 202 Å². The maximum absolute atomic E-state index is 12.8. The number of carbonyl (C=O) groups is 6. The van der Waals surface area contributed by atoms with Crippen molar-refractivity contribution in [3.05, 3.63) is 119 Å². The predicted octanol–water partition coefficient (Wildman–Crippen LogP) is 2.61. The lowest BCUT2D eigenvalue weighted by Crippen LogP contribution is -2.48. The van der Waals surface area contributed by atoms with Gasteiger partial charge in [0.25, 0.3) is 11.8 Å². The first-order chi connectivity index (χ1) is 26.3. The fourth-order valence-electron chi connectivity index (χ4n) is 5.21. The summed E-state index contributed by atoms with van der Waals surface area (Å²) in [4.78, 5) is 92.7. The number of carbonyl (C=O) groups excluding carboxylic acids is 6. The van der Waals surface area contributed by atoms with Crippen LogP contribution in [0.3, 0.4) is 0 Å². The van der Waals surface area contributed by atoms with Gasteiger partial charge in [0.2, 0.25) is 12.3 Å². The monoisotopic (exact) mass is 773 g/mol. The molecule has 286 valence electrons. The lowest BCUT2D eigenvalue weighted by atomic mass is 10.1. The Balaban J connectivity index is 0.000000211. The van der Waals surface area contributed by atoms with Gasteiger partial charge in [-0.3, -0.25) is 14.6 Å². The summed E-state index contributed by atoms with van der Waals surface area (Å²) in [5.74, 6) is -4.29. The molecular formula is C37H36ClN7O10. The minimum atomic E-state index is -2.18. The first-order valence-electron chi connectivity index (χ1n) is 16.7. The van der Waals surface area contributed by atoms with Gasteiger partial charge < -0.3 is 34.0 Å². The molecule has 2 aromatic heterocycles. The quantitative estimate of drug-likeness (QED) is 0.156. The van der Waals surface area contributed by atoms with E-state index >= 15 is 0 Å². The van der Waals surface area contributed by atoms with Crippen molar-refractivity contribution in [2.75, 3.05) is 52.2 Å². The average Bonchev–Trinajstić information content (AvgIpc) is 3.47. The third-order valence-corrected chi connectivity index (χ3v) is 8.43. The fraction of sp³-hybridized carbons (Fsp3) is 0.270. The fourth-order valence-corrected chi connectivity index (χ4v) is 5.32. The van der Waals surface area contributed by atoms with Crippen molar-refractivity contribution in [2.24, 2.45) is 0 Å². The number of likely N-dealkylation sites (N-methyl/N-ethyl adjacent to an activating group) is 2. The van der Waals surface area contributed by atoms with Crippen LogP contribution in [0, 0.1) is 0 Å². The van der Waals surface area contributed by atoms with E-state index in [2.05, 4.69) is 24.6 Å². The van der Waals surface area contributed by atoms with E-state index in [0.717, 1.165) is 18.0 Å². The van der Waals surface area contributed by atoms with Crippen LogP contribution in [0.5, 0.6) is 0 Å². The molecule has 3 atom stereocenters. The SMILES string of the molecule is CN(C)C(=O)C(OC(=O)c1ccccc1)C(O)C(=O)OC(=O)c1ccccc1.CN1CCN(C(=O)OC2c3nccnc3C(=O)N2c2ccc(Cl)cn2)CC1. The maximum atomic E-state index is 12.8. The molecule has 55 heavy (non-hydrogen) atoms. The number of anilines is 1. The van der Waals surface area contributed by atoms with E-state index in [9.17, 15) is 33.9 Å². The van der Waals surface area contributed by atoms with Crippen molar-refractivity contribution >= 4 is 53.2 Å². The van der Waals surface area contributed by atoms with Gasteiger partial charge in [0, 0.05) is 58.9 Å². The van der Waals surface area contributed by atoms with Crippen molar-refractivity contribution in [3.8, 4) is 0 Å². The van der Waals surface area contributed by atoms with Crippen LogP contribution in [-0.2, 0) is 23.8 Å². The summed E-state index contributed by atoms with van der Waals surface area (Å²) in [7, 11) is 4.72. The van der Waals surface area contributed by atoms with E-state index in [4.69, 9.17) is 21.1 Å². The van der Waals surface area contributed by atoms with E-state index in [1.807, 2.05) is 7.05 Å². The third kappa shape index (κ3) is 9.82. The number of aromatic nitrogens is 3. The van der Waals surface area contributed by atoms with Gasteiger partial charge in [-0.05, 0) is 43.4 Å². The number of benzene rings is 2. The van der Waals surface area contributed by atoms with Crippen LogP contribution in [-0.4, -0.2) is 130 Å². The van der Waals surface area contributed by atoms with E-state index in [-0.39, 0.29) is 16.8 Å². The zero-order valence-corrected chi connectivity index (χ0v) is 30.6. The van der Waals surface area contributed by atoms with E-state index in [1.165, 1.54) is 61.9 Å². The first-order valence-corrected chi connectivity index (χ1v) is 17.1. The predicted molar refractivity (Wildman–Crippen MR) is 194 cm³/mol. The summed E-state index contributed by atoms with van der Waals surface area (Å²) in [5, 5.41) is 10.7. The molecule has 0 saturated carbocycles. The van der Waals surface area contributed by atoms with Crippen molar-refractivity contribution in [3.63, 3.8) is 0 Å². The average molecular weight is 774 g/mol. The molecule has 2 aliphatic heterocycles. The van der Waals surface area contributed by atoms with Crippen molar-refractivity contribution < 1.29 is 48.1 Å². The molecule has 0 radical (unpaired) electrons. The number of rotatable bonds is 8. The molecule has 4 heterocycles. The summed E-state index contributed by atoms with van der Waals surface area (Å²) in [6.45, 7) is 2.64. The Bertz CT molecular complexity index is 2010. The highest BCUT2D eigenvalue weighted by Crippen LogP contribution is 2.36. The van der Waals surface area contributed by atoms with Gasteiger partial charge in [0.05, 0.1) is 16.1 Å². The highest BCUT2D eigenvalue weighted by molar-refractivity contribution is 6.30. The Labute approximate surface area is 320 Å². The molecule has 18 heteroatoms. The molecule has 2 aromatic carbocycles. The molecule has 2 aliphatic rings. The van der Waals surface area contributed by atoms with Gasteiger partial charge in [-0.15, -0.1) is 0 Å². The largest absolute Gasteiger partial charge is 0.445 e. The van der Waals surface area contributed by atoms with Gasteiger partial charge in [-0.25, -0.2) is 34.0 Å². The molecule has 0 spiro atoms. The maximum Gasteiger partial charge on any atom is 0.412 e. The number of pyridine rings is 1. The van der Waals surface area contributed by atoms with Gasteiger partial charge in [-0.2, -0.15) is 0 Å². The highest BCUT2D eigenvalue weighted by atomic mass is 35.5. The Morgan fingerprint density at radius 3 is 2.02 bits per heavy atom. The normalized spacial score (nSPS) is 16.1.